The van der Waals surface area contributed by atoms with Gasteiger partial charge in [0.15, 0.2) is 5.82 Å². The molecule has 1 amide bonds. The largest absolute Gasteiger partial charge is 0.507 e. The van der Waals surface area contributed by atoms with Crippen molar-refractivity contribution in [2.45, 2.75) is 13.0 Å². The van der Waals surface area contributed by atoms with Crippen LogP contribution in [0, 0.1) is 12.7 Å². The molecule has 1 aliphatic rings. The van der Waals surface area contributed by atoms with Crippen molar-refractivity contribution in [2.24, 2.45) is 0 Å². The zero-order chi connectivity index (χ0) is 20.7. The molecule has 2 aromatic carbocycles. The molecular formula is C21H14BrFN2O4. The summed E-state index contributed by atoms with van der Waals surface area (Å²) in [6.07, 6.45) is 0. The van der Waals surface area contributed by atoms with Gasteiger partial charge in [0.25, 0.3) is 5.78 Å². The monoisotopic (exact) mass is 456 g/mol. The number of nitrogens with zero attached hydrogens (tertiary/aromatic N) is 2. The van der Waals surface area contributed by atoms with Crippen molar-refractivity contribution in [2.75, 3.05) is 4.90 Å². The van der Waals surface area contributed by atoms with Gasteiger partial charge in [0, 0.05) is 16.1 Å². The first kappa shape index (κ1) is 19.1. The van der Waals surface area contributed by atoms with Gasteiger partial charge in [0.1, 0.15) is 17.3 Å². The van der Waals surface area contributed by atoms with E-state index in [1.807, 2.05) is 0 Å². The summed E-state index contributed by atoms with van der Waals surface area (Å²) in [4.78, 5) is 26.9. The normalized spacial score (nSPS) is 18.4. The Morgan fingerprint density at radius 2 is 1.90 bits per heavy atom. The van der Waals surface area contributed by atoms with E-state index in [-0.39, 0.29) is 17.0 Å². The molecule has 1 saturated heterocycles. The maximum absolute atomic E-state index is 13.3. The maximum Gasteiger partial charge on any atom is 0.301 e. The molecule has 8 heteroatoms. The number of rotatable bonds is 3. The number of hydrogen-bond donors (Lipinski definition) is 1. The van der Waals surface area contributed by atoms with Crippen molar-refractivity contribution < 1.29 is 23.6 Å². The zero-order valence-electron chi connectivity index (χ0n) is 15.1. The molecule has 1 N–H and O–H groups in total. The highest BCUT2D eigenvalue weighted by Gasteiger charge is 2.48. The molecule has 6 nitrogen and oxygen atoms in total. The van der Waals surface area contributed by atoms with Crippen molar-refractivity contribution in [3.8, 4) is 0 Å². The fourth-order valence-corrected chi connectivity index (χ4v) is 3.71. The third-order valence-electron chi connectivity index (χ3n) is 4.59. The van der Waals surface area contributed by atoms with Crippen molar-refractivity contribution in [1.82, 2.24) is 5.16 Å². The van der Waals surface area contributed by atoms with Crippen LogP contribution in [0.1, 0.15) is 22.9 Å². The van der Waals surface area contributed by atoms with Crippen LogP contribution >= 0.6 is 15.9 Å². The second-order valence-corrected chi connectivity index (χ2v) is 7.44. The molecule has 1 fully saturated rings. The summed E-state index contributed by atoms with van der Waals surface area (Å²) >= 11 is 3.39. The summed E-state index contributed by atoms with van der Waals surface area (Å²) in [6, 6.07) is 12.7. The van der Waals surface area contributed by atoms with Crippen LogP contribution in [0.2, 0.25) is 0 Å². The lowest BCUT2D eigenvalue weighted by atomic mass is 9.95. The highest BCUT2D eigenvalue weighted by Crippen LogP contribution is 2.42. The number of aliphatic hydroxyl groups is 1. The van der Waals surface area contributed by atoms with E-state index in [9.17, 15) is 19.1 Å². The minimum absolute atomic E-state index is 0.111. The molecule has 0 saturated carbocycles. The standard InChI is InChI=1S/C21H14BrFN2O4/c1-11-9-16(24-29-11)25-18(13-3-2-4-14(22)10-13)17(20(27)21(25)28)19(26)12-5-7-15(23)8-6-12/h2-10,18,26H,1H3/t18-/m0/s1. The second-order valence-electron chi connectivity index (χ2n) is 6.53. The number of aryl methyl sites for hydroxylation is 1. The van der Waals surface area contributed by atoms with E-state index in [2.05, 4.69) is 21.1 Å². The van der Waals surface area contributed by atoms with Crippen molar-refractivity contribution >= 4 is 39.2 Å². The first-order valence-corrected chi connectivity index (χ1v) is 9.42. The van der Waals surface area contributed by atoms with Crippen molar-refractivity contribution in [1.29, 1.82) is 0 Å². The maximum atomic E-state index is 13.3. The fraction of sp³-hybridized carbons (Fsp3) is 0.0952. The van der Waals surface area contributed by atoms with E-state index in [4.69, 9.17) is 4.52 Å². The summed E-state index contributed by atoms with van der Waals surface area (Å²) in [5.41, 5.74) is 0.698. The van der Waals surface area contributed by atoms with Gasteiger partial charge in [0.05, 0.1) is 11.6 Å². The Balaban J connectivity index is 1.95. The number of aromatic nitrogens is 1. The lowest BCUT2D eigenvalue weighted by Crippen LogP contribution is -2.29. The molecule has 1 aromatic heterocycles. The van der Waals surface area contributed by atoms with E-state index in [0.29, 0.717) is 11.3 Å². The van der Waals surface area contributed by atoms with Gasteiger partial charge in [0.2, 0.25) is 0 Å². The molecular weight excluding hydrogens is 443 g/mol. The smallest absolute Gasteiger partial charge is 0.301 e. The van der Waals surface area contributed by atoms with Gasteiger partial charge in [-0.2, -0.15) is 0 Å². The van der Waals surface area contributed by atoms with Crippen LogP contribution in [0.5, 0.6) is 0 Å². The van der Waals surface area contributed by atoms with Gasteiger partial charge in [-0.1, -0.05) is 33.2 Å². The first-order valence-electron chi connectivity index (χ1n) is 8.62. The molecule has 3 aromatic rings. The molecule has 0 radical (unpaired) electrons. The van der Waals surface area contributed by atoms with Gasteiger partial charge < -0.3 is 9.63 Å². The number of aliphatic hydroxyl groups excluding tert-OH is 1. The Morgan fingerprint density at radius 1 is 1.17 bits per heavy atom. The third kappa shape index (κ3) is 3.36. The Labute approximate surface area is 173 Å². The predicted molar refractivity (Wildman–Crippen MR) is 107 cm³/mol. The summed E-state index contributed by atoms with van der Waals surface area (Å²) in [5.74, 6) is -1.95. The first-order chi connectivity index (χ1) is 13.9. The Kier molecular flexibility index (Phi) is 4.79. The molecule has 0 aliphatic carbocycles. The van der Waals surface area contributed by atoms with Gasteiger partial charge in [-0.15, -0.1) is 0 Å². The lowest BCUT2D eigenvalue weighted by Gasteiger charge is -2.23. The summed E-state index contributed by atoms with van der Waals surface area (Å²) in [6.45, 7) is 1.67. The molecule has 29 heavy (non-hydrogen) atoms. The molecule has 0 unspecified atom stereocenters. The highest BCUT2D eigenvalue weighted by atomic mass is 79.9. The van der Waals surface area contributed by atoms with E-state index in [1.54, 1.807) is 31.2 Å². The average Bonchev–Trinajstić information content (AvgIpc) is 3.23. The minimum atomic E-state index is -0.929. The van der Waals surface area contributed by atoms with Crippen LogP contribution < -0.4 is 4.90 Å². The Morgan fingerprint density at radius 3 is 2.52 bits per heavy atom. The van der Waals surface area contributed by atoms with Crippen LogP contribution in [0.25, 0.3) is 5.76 Å². The van der Waals surface area contributed by atoms with Crippen LogP contribution in [0.3, 0.4) is 0 Å². The average molecular weight is 457 g/mol. The van der Waals surface area contributed by atoms with Crippen molar-refractivity contribution in [3.05, 3.63) is 87.3 Å². The SMILES string of the molecule is Cc1cc(N2C(=O)C(=O)C(=C(O)c3ccc(F)cc3)[C@@H]2c2cccc(Br)c2)no1. The molecule has 0 spiro atoms. The van der Waals surface area contributed by atoms with Crippen LogP contribution in [-0.4, -0.2) is 22.0 Å². The number of Topliss-reactive ketones (excluding diaryl/α,β-unsaturated/α-hetero) is 1. The van der Waals surface area contributed by atoms with E-state index in [0.717, 1.165) is 4.47 Å². The summed E-state index contributed by atoms with van der Waals surface area (Å²) in [5, 5.41) is 14.7. The van der Waals surface area contributed by atoms with Crippen molar-refractivity contribution in [3.63, 3.8) is 0 Å². The minimum Gasteiger partial charge on any atom is -0.507 e. The number of benzene rings is 2. The topological polar surface area (TPSA) is 83.6 Å². The van der Waals surface area contributed by atoms with E-state index in [1.165, 1.54) is 35.2 Å². The molecule has 146 valence electrons. The quantitative estimate of drug-likeness (QED) is 0.356. The molecule has 0 bridgehead atoms. The van der Waals surface area contributed by atoms with Crippen LogP contribution in [-0.2, 0) is 9.59 Å². The Bertz CT molecular complexity index is 1150. The molecule has 4 rings (SSSR count). The van der Waals surface area contributed by atoms with Gasteiger partial charge in [-0.3, -0.25) is 14.5 Å². The number of hydrogen-bond acceptors (Lipinski definition) is 5. The summed E-state index contributed by atoms with van der Waals surface area (Å²) < 4.78 is 19.1. The Hall–Kier alpha value is -3.26. The number of amides is 1. The third-order valence-corrected chi connectivity index (χ3v) is 5.08. The number of carbonyl (C=O) groups excluding carboxylic acids is 2. The molecule has 2 heterocycles. The van der Waals surface area contributed by atoms with Gasteiger partial charge in [-0.05, 0) is 48.9 Å². The predicted octanol–water partition coefficient (Wildman–Crippen LogP) is 4.51. The molecule has 1 aliphatic heterocycles. The highest BCUT2D eigenvalue weighted by molar-refractivity contribution is 9.10. The van der Waals surface area contributed by atoms with Gasteiger partial charge in [-0.25, -0.2) is 4.39 Å². The lowest BCUT2D eigenvalue weighted by molar-refractivity contribution is -0.132. The summed E-state index contributed by atoms with van der Waals surface area (Å²) in [7, 11) is 0. The van der Waals surface area contributed by atoms with Crippen LogP contribution in [0.4, 0.5) is 10.2 Å². The fourth-order valence-electron chi connectivity index (χ4n) is 3.29. The second kappa shape index (κ2) is 7.29. The molecule has 1 atom stereocenters. The number of carbonyl (C=O) groups is 2. The zero-order valence-corrected chi connectivity index (χ0v) is 16.7. The van der Waals surface area contributed by atoms with Gasteiger partial charge >= 0.3 is 5.91 Å². The number of anilines is 1. The van der Waals surface area contributed by atoms with Crippen LogP contribution in [0.15, 0.2) is 69.2 Å². The van der Waals surface area contributed by atoms with E-state index >= 15 is 0 Å². The van der Waals surface area contributed by atoms with E-state index < -0.39 is 29.3 Å². The number of ketones is 1. The number of halogens is 2.